The molecule has 1 aliphatic carbocycles. The van der Waals surface area contributed by atoms with Gasteiger partial charge in [-0.25, -0.2) is 8.78 Å². The second-order valence-corrected chi connectivity index (χ2v) is 7.64. The third-order valence-electron chi connectivity index (χ3n) is 5.42. The number of benzene rings is 1. The number of piperidine rings is 1. The van der Waals surface area contributed by atoms with Crippen molar-refractivity contribution in [1.82, 2.24) is 10.2 Å². The lowest BCUT2D eigenvalue weighted by atomic mass is 9.83. The Morgan fingerprint density at radius 2 is 1.80 bits per heavy atom. The number of amides is 1. The summed E-state index contributed by atoms with van der Waals surface area (Å²) in [5.41, 5.74) is -0.274. The molecular formula is C19H25ClF2N2O. The van der Waals surface area contributed by atoms with Crippen molar-refractivity contribution in [2.45, 2.75) is 51.0 Å². The maximum Gasteiger partial charge on any atom is 0.254 e. The highest BCUT2D eigenvalue weighted by Gasteiger charge is 2.29. The second-order valence-electron chi connectivity index (χ2n) is 7.23. The van der Waals surface area contributed by atoms with Crippen LogP contribution in [0.25, 0.3) is 0 Å². The molecule has 0 radical (unpaired) electrons. The van der Waals surface area contributed by atoms with Gasteiger partial charge in [0.25, 0.3) is 5.91 Å². The maximum absolute atomic E-state index is 14.0. The molecular weight excluding hydrogens is 346 g/mol. The molecule has 138 valence electrons. The van der Waals surface area contributed by atoms with Crippen molar-refractivity contribution in [1.29, 1.82) is 0 Å². The molecule has 1 saturated carbocycles. The number of halogens is 3. The first-order valence-corrected chi connectivity index (χ1v) is 9.60. The van der Waals surface area contributed by atoms with Crippen molar-refractivity contribution in [3.05, 3.63) is 34.4 Å². The molecule has 1 N–H and O–H groups in total. The zero-order chi connectivity index (χ0) is 17.8. The summed E-state index contributed by atoms with van der Waals surface area (Å²) < 4.78 is 27.6. The minimum Gasteiger partial charge on any atom is -0.349 e. The van der Waals surface area contributed by atoms with E-state index in [4.69, 9.17) is 11.6 Å². The number of hydrogen-bond acceptors (Lipinski definition) is 2. The van der Waals surface area contributed by atoms with Gasteiger partial charge >= 0.3 is 0 Å². The largest absolute Gasteiger partial charge is 0.349 e. The van der Waals surface area contributed by atoms with E-state index in [1.165, 1.54) is 19.3 Å². The van der Waals surface area contributed by atoms with E-state index >= 15 is 0 Å². The summed E-state index contributed by atoms with van der Waals surface area (Å²) in [6.07, 6.45) is 7.94. The molecule has 0 unspecified atom stereocenters. The van der Waals surface area contributed by atoms with Gasteiger partial charge in [0.2, 0.25) is 0 Å². The summed E-state index contributed by atoms with van der Waals surface area (Å²) in [4.78, 5) is 14.9. The van der Waals surface area contributed by atoms with Gasteiger partial charge in [-0.3, -0.25) is 4.79 Å². The first-order chi connectivity index (χ1) is 12.0. The number of rotatable bonds is 4. The van der Waals surface area contributed by atoms with E-state index in [1.54, 1.807) is 0 Å². The molecule has 25 heavy (non-hydrogen) atoms. The molecule has 3 nitrogen and oxygen atoms in total. The third kappa shape index (κ3) is 4.70. The van der Waals surface area contributed by atoms with Crippen molar-refractivity contribution in [2.75, 3.05) is 19.6 Å². The smallest absolute Gasteiger partial charge is 0.254 e. The van der Waals surface area contributed by atoms with E-state index in [-0.39, 0.29) is 16.6 Å². The standard InChI is InChI=1S/C19H25ClF2N2O/c20-15-11-16(21)14(10-17(15)22)19(25)23-18-7-3-2-6-13(18)12-24-8-4-1-5-9-24/h10-11,13,18H,1-9,12H2,(H,23,25)/t13-,18-/m0/s1. The van der Waals surface area contributed by atoms with Gasteiger partial charge in [-0.2, -0.15) is 0 Å². The zero-order valence-corrected chi connectivity index (χ0v) is 15.1. The van der Waals surface area contributed by atoms with Crippen LogP contribution in [0.2, 0.25) is 5.02 Å². The van der Waals surface area contributed by atoms with Gasteiger partial charge in [0.05, 0.1) is 10.6 Å². The van der Waals surface area contributed by atoms with Crippen LogP contribution >= 0.6 is 11.6 Å². The molecule has 2 atom stereocenters. The summed E-state index contributed by atoms with van der Waals surface area (Å²) >= 11 is 5.56. The van der Waals surface area contributed by atoms with Gasteiger partial charge < -0.3 is 10.2 Å². The lowest BCUT2D eigenvalue weighted by Gasteiger charge is -2.37. The van der Waals surface area contributed by atoms with Crippen molar-refractivity contribution in [2.24, 2.45) is 5.92 Å². The van der Waals surface area contributed by atoms with E-state index in [9.17, 15) is 13.6 Å². The summed E-state index contributed by atoms with van der Waals surface area (Å²) in [6.45, 7) is 3.21. The Morgan fingerprint density at radius 3 is 2.56 bits per heavy atom. The van der Waals surface area contributed by atoms with Crippen LogP contribution in [0, 0.1) is 17.6 Å². The number of likely N-dealkylation sites (tertiary alicyclic amines) is 1. The average molecular weight is 371 g/mol. The molecule has 1 aliphatic heterocycles. The molecule has 1 heterocycles. The Labute approximate surface area is 152 Å². The summed E-state index contributed by atoms with van der Waals surface area (Å²) in [5.74, 6) is -1.74. The van der Waals surface area contributed by atoms with Crippen LogP contribution < -0.4 is 5.32 Å². The van der Waals surface area contributed by atoms with Crippen molar-refractivity contribution in [3.8, 4) is 0 Å². The van der Waals surface area contributed by atoms with Crippen LogP contribution in [0.1, 0.15) is 55.3 Å². The summed E-state index contributed by atoms with van der Waals surface area (Å²) in [7, 11) is 0. The fourth-order valence-electron chi connectivity index (χ4n) is 4.03. The molecule has 2 aliphatic rings. The fourth-order valence-corrected chi connectivity index (χ4v) is 4.18. The lowest BCUT2D eigenvalue weighted by Crippen LogP contribution is -2.47. The normalized spacial score (nSPS) is 24.9. The van der Waals surface area contributed by atoms with Crippen LogP contribution in [0.4, 0.5) is 8.78 Å². The Kier molecular flexibility index (Phi) is 6.29. The Hall–Kier alpha value is -1.20. The first kappa shape index (κ1) is 18.6. The highest BCUT2D eigenvalue weighted by atomic mass is 35.5. The second kappa shape index (κ2) is 8.45. The van der Waals surface area contributed by atoms with E-state index in [0.717, 1.165) is 57.5 Å². The van der Waals surface area contributed by atoms with E-state index in [2.05, 4.69) is 10.2 Å². The zero-order valence-electron chi connectivity index (χ0n) is 14.4. The predicted octanol–water partition coefficient (Wildman–Crippen LogP) is 4.39. The molecule has 0 aromatic heterocycles. The quantitative estimate of drug-likeness (QED) is 0.797. The maximum atomic E-state index is 14.0. The van der Waals surface area contributed by atoms with Gasteiger partial charge in [-0.15, -0.1) is 0 Å². The number of carbonyl (C=O) groups excluding carboxylic acids is 1. The van der Waals surface area contributed by atoms with E-state index in [1.807, 2.05) is 0 Å². The van der Waals surface area contributed by atoms with Crippen LogP contribution in [0.15, 0.2) is 12.1 Å². The predicted molar refractivity (Wildman–Crippen MR) is 94.9 cm³/mol. The van der Waals surface area contributed by atoms with Gasteiger partial charge in [0.15, 0.2) is 0 Å². The lowest BCUT2D eigenvalue weighted by molar-refractivity contribution is 0.0873. The monoisotopic (exact) mass is 370 g/mol. The Balaban J connectivity index is 1.66. The summed E-state index contributed by atoms with van der Waals surface area (Å²) in [5, 5.41) is 2.64. The van der Waals surface area contributed by atoms with Gasteiger partial charge in [-0.05, 0) is 56.8 Å². The Morgan fingerprint density at radius 1 is 1.08 bits per heavy atom. The molecule has 0 bridgehead atoms. The topological polar surface area (TPSA) is 32.3 Å². The van der Waals surface area contributed by atoms with Crippen LogP contribution in [0.3, 0.4) is 0 Å². The fraction of sp³-hybridized carbons (Fsp3) is 0.632. The highest BCUT2D eigenvalue weighted by Crippen LogP contribution is 2.27. The van der Waals surface area contributed by atoms with E-state index < -0.39 is 17.5 Å². The van der Waals surface area contributed by atoms with Crippen LogP contribution in [0.5, 0.6) is 0 Å². The molecule has 1 aromatic rings. The number of carbonyl (C=O) groups is 1. The minimum atomic E-state index is -0.785. The third-order valence-corrected chi connectivity index (χ3v) is 5.71. The molecule has 1 saturated heterocycles. The highest BCUT2D eigenvalue weighted by molar-refractivity contribution is 6.30. The molecule has 3 rings (SSSR count). The average Bonchev–Trinajstić information content (AvgIpc) is 2.60. The van der Waals surface area contributed by atoms with Gasteiger partial charge in [0, 0.05) is 12.6 Å². The molecule has 0 spiro atoms. The van der Waals surface area contributed by atoms with Crippen molar-refractivity contribution < 1.29 is 13.6 Å². The van der Waals surface area contributed by atoms with Crippen molar-refractivity contribution in [3.63, 3.8) is 0 Å². The number of hydrogen-bond donors (Lipinski definition) is 1. The van der Waals surface area contributed by atoms with Gasteiger partial charge in [0.1, 0.15) is 11.6 Å². The first-order valence-electron chi connectivity index (χ1n) is 9.22. The summed E-state index contributed by atoms with van der Waals surface area (Å²) in [6, 6.07) is 1.76. The molecule has 1 aromatic carbocycles. The SMILES string of the molecule is O=C(N[C@H]1CCCC[C@H]1CN1CCCCC1)c1cc(F)c(Cl)cc1F. The van der Waals surface area contributed by atoms with Crippen molar-refractivity contribution >= 4 is 17.5 Å². The minimum absolute atomic E-state index is 0.0151. The van der Waals surface area contributed by atoms with Crippen LogP contribution in [-0.2, 0) is 0 Å². The van der Waals surface area contributed by atoms with Gasteiger partial charge in [-0.1, -0.05) is 30.9 Å². The number of nitrogens with one attached hydrogen (secondary N) is 1. The van der Waals surface area contributed by atoms with Crippen LogP contribution in [-0.4, -0.2) is 36.5 Å². The molecule has 6 heteroatoms. The van der Waals surface area contributed by atoms with E-state index in [0.29, 0.717) is 5.92 Å². The number of nitrogens with zero attached hydrogens (tertiary/aromatic N) is 1. The molecule has 1 amide bonds. The Bertz CT molecular complexity index is 620. The molecule has 2 fully saturated rings.